The summed E-state index contributed by atoms with van der Waals surface area (Å²) in [6.45, 7) is 8.46. The Labute approximate surface area is 183 Å². The zero-order valence-corrected chi connectivity index (χ0v) is 18.7. The minimum absolute atomic E-state index is 0.381. The first kappa shape index (κ1) is 20.3. The van der Waals surface area contributed by atoms with Crippen molar-refractivity contribution in [1.82, 2.24) is 0 Å². The van der Waals surface area contributed by atoms with E-state index in [1.54, 1.807) is 18.4 Å². The Morgan fingerprint density at radius 2 is 1.87 bits per heavy atom. The molecule has 0 unspecified atom stereocenters. The number of hydrogen-bond donors (Lipinski definition) is 1. The monoisotopic (exact) mass is 418 g/mol. The number of ether oxygens (including phenoxy) is 1. The highest BCUT2D eigenvalue weighted by Gasteiger charge is 2.66. The molecule has 3 atom stereocenters. The van der Waals surface area contributed by atoms with Crippen molar-refractivity contribution in [2.24, 2.45) is 5.41 Å². The summed E-state index contributed by atoms with van der Waals surface area (Å²) < 4.78 is 11.9. The van der Waals surface area contributed by atoms with Gasteiger partial charge >= 0.3 is 5.97 Å². The first-order valence-electron chi connectivity index (χ1n) is 11.2. The third kappa shape index (κ3) is 2.67. The van der Waals surface area contributed by atoms with Gasteiger partial charge in [-0.2, -0.15) is 0 Å². The topological polar surface area (TPSA) is 59.7 Å². The molecule has 1 N–H and O–H groups in total. The number of hydrogen-bond acceptors (Lipinski definition) is 4. The van der Waals surface area contributed by atoms with E-state index in [9.17, 15) is 9.90 Å². The third-order valence-corrected chi connectivity index (χ3v) is 8.21. The highest BCUT2D eigenvalue weighted by molar-refractivity contribution is 5.89. The summed E-state index contributed by atoms with van der Waals surface area (Å²) in [6, 6.07) is 13.2. The quantitative estimate of drug-likeness (QED) is 0.541. The fraction of sp³-hybridized carbons (Fsp3) is 0.444. The molecule has 0 bridgehead atoms. The molecule has 5 rings (SSSR count). The van der Waals surface area contributed by atoms with Crippen LogP contribution in [0.2, 0.25) is 0 Å². The van der Waals surface area contributed by atoms with Crippen LogP contribution in [0.5, 0.6) is 0 Å². The summed E-state index contributed by atoms with van der Waals surface area (Å²) >= 11 is 0. The van der Waals surface area contributed by atoms with Gasteiger partial charge in [0.25, 0.3) is 0 Å². The van der Waals surface area contributed by atoms with Crippen LogP contribution in [-0.2, 0) is 16.6 Å². The number of carbonyl (C=O) groups excluding carboxylic acids is 1. The number of rotatable bonds is 2. The molecule has 1 aromatic heterocycles. The molecule has 1 heterocycles. The van der Waals surface area contributed by atoms with Crippen molar-refractivity contribution in [3.05, 3.63) is 71.0 Å². The minimum Gasteiger partial charge on any atom is -0.464 e. The number of aliphatic hydroxyl groups is 1. The largest absolute Gasteiger partial charge is 0.464 e. The van der Waals surface area contributed by atoms with Crippen LogP contribution in [0.15, 0.2) is 53.1 Å². The highest BCUT2D eigenvalue weighted by Crippen LogP contribution is 2.61. The predicted molar refractivity (Wildman–Crippen MR) is 120 cm³/mol. The number of aryl methyl sites for hydroxylation is 1. The molecule has 0 amide bonds. The van der Waals surface area contributed by atoms with Crippen LogP contribution in [0, 0.1) is 12.3 Å². The Kier molecular flexibility index (Phi) is 4.39. The third-order valence-electron chi connectivity index (χ3n) is 8.21. The maximum Gasteiger partial charge on any atom is 0.338 e. The van der Waals surface area contributed by atoms with Gasteiger partial charge in [-0.25, -0.2) is 4.79 Å². The molecule has 162 valence electrons. The molecule has 1 saturated carbocycles. The van der Waals surface area contributed by atoms with E-state index in [1.165, 1.54) is 5.56 Å². The lowest BCUT2D eigenvalue weighted by Crippen LogP contribution is -2.70. The summed E-state index contributed by atoms with van der Waals surface area (Å²) in [6.07, 6.45) is 4.32. The van der Waals surface area contributed by atoms with Gasteiger partial charge in [0, 0.05) is 17.2 Å². The fourth-order valence-electron chi connectivity index (χ4n) is 6.46. The molecule has 0 radical (unpaired) electrons. The van der Waals surface area contributed by atoms with Crippen LogP contribution in [0.3, 0.4) is 0 Å². The Morgan fingerprint density at radius 3 is 2.61 bits per heavy atom. The van der Waals surface area contributed by atoms with Crippen LogP contribution in [0.1, 0.15) is 67.1 Å². The number of esters is 1. The Hall–Kier alpha value is -2.59. The summed E-state index contributed by atoms with van der Waals surface area (Å²) in [5, 5.41) is 13.6. The zero-order valence-electron chi connectivity index (χ0n) is 18.7. The van der Waals surface area contributed by atoms with Crippen LogP contribution in [0.4, 0.5) is 0 Å². The molecule has 1 fully saturated rings. The molecule has 0 spiro atoms. The Morgan fingerprint density at radius 1 is 1.13 bits per heavy atom. The van der Waals surface area contributed by atoms with Gasteiger partial charge in [0.15, 0.2) is 0 Å². The number of benzene rings is 2. The Bertz CT molecular complexity index is 1160. The summed E-state index contributed by atoms with van der Waals surface area (Å²) in [4.78, 5) is 13.1. The van der Waals surface area contributed by atoms with E-state index in [0.717, 1.165) is 41.4 Å². The van der Waals surface area contributed by atoms with Gasteiger partial charge in [0.1, 0.15) is 17.3 Å². The maximum atomic E-state index is 13.1. The van der Waals surface area contributed by atoms with Crippen molar-refractivity contribution in [3.63, 3.8) is 0 Å². The first-order chi connectivity index (χ1) is 14.7. The molecule has 4 heteroatoms. The molecule has 0 aliphatic heterocycles. The number of fused-ring (bicyclic) bond motifs is 4. The van der Waals surface area contributed by atoms with E-state index >= 15 is 0 Å². The molecular formula is C27H30O4. The summed E-state index contributed by atoms with van der Waals surface area (Å²) in [5.41, 5.74) is 2.66. The van der Waals surface area contributed by atoms with Crippen molar-refractivity contribution in [1.29, 1.82) is 0 Å². The maximum absolute atomic E-state index is 13.1. The molecule has 0 saturated heterocycles. The number of furan rings is 1. The van der Waals surface area contributed by atoms with Crippen LogP contribution < -0.4 is 0 Å². The van der Waals surface area contributed by atoms with Gasteiger partial charge in [-0.05, 0) is 66.1 Å². The van der Waals surface area contributed by atoms with Gasteiger partial charge in [-0.3, -0.25) is 0 Å². The van der Waals surface area contributed by atoms with E-state index in [-0.39, 0.29) is 5.97 Å². The van der Waals surface area contributed by atoms with Gasteiger partial charge in [-0.1, -0.05) is 45.4 Å². The van der Waals surface area contributed by atoms with Crippen molar-refractivity contribution < 1.29 is 19.1 Å². The lowest BCUT2D eigenvalue weighted by Gasteiger charge is -2.62. The second-order valence-corrected chi connectivity index (χ2v) is 10.2. The molecule has 2 aromatic carbocycles. The van der Waals surface area contributed by atoms with Crippen LogP contribution in [0.25, 0.3) is 11.0 Å². The molecular weight excluding hydrogens is 388 g/mol. The van der Waals surface area contributed by atoms with Crippen molar-refractivity contribution in [2.45, 2.75) is 70.5 Å². The molecule has 3 aromatic rings. The van der Waals surface area contributed by atoms with E-state index in [4.69, 9.17) is 9.15 Å². The fourth-order valence-corrected chi connectivity index (χ4v) is 6.46. The summed E-state index contributed by atoms with van der Waals surface area (Å²) in [5.74, 6) is -0.381. The smallest absolute Gasteiger partial charge is 0.338 e. The average molecular weight is 419 g/mol. The second-order valence-electron chi connectivity index (χ2n) is 10.2. The summed E-state index contributed by atoms with van der Waals surface area (Å²) in [7, 11) is 0. The molecule has 4 nitrogen and oxygen atoms in total. The molecule has 2 aliphatic rings. The number of carbonyl (C=O) groups is 1. The normalized spacial score (nSPS) is 29.3. The second kappa shape index (κ2) is 6.70. The highest BCUT2D eigenvalue weighted by atomic mass is 16.6. The van der Waals surface area contributed by atoms with Crippen molar-refractivity contribution in [3.8, 4) is 0 Å². The Balaban J connectivity index is 1.69. The predicted octanol–water partition coefficient (Wildman–Crippen LogP) is 5.72. The minimum atomic E-state index is -1.19. The van der Waals surface area contributed by atoms with E-state index < -0.39 is 22.5 Å². The average Bonchev–Trinajstić information content (AvgIpc) is 3.21. The molecule has 2 aliphatic carbocycles. The van der Waals surface area contributed by atoms with E-state index in [0.29, 0.717) is 12.0 Å². The van der Waals surface area contributed by atoms with Gasteiger partial charge in [0.05, 0.1) is 11.8 Å². The van der Waals surface area contributed by atoms with Gasteiger partial charge in [0.2, 0.25) is 0 Å². The van der Waals surface area contributed by atoms with Crippen molar-refractivity contribution in [2.75, 3.05) is 0 Å². The first-order valence-corrected chi connectivity index (χ1v) is 11.2. The van der Waals surface area contributed by atoms with Crippen LogP contribution >= 0.6 is 0 Å². The van der Waals surface area contributed by atoms with Gasteiger partial charge < -0.3 is 14.3 Å². The lowest BCUT2D eigenvalue weighted by atomic mass is 9.46. The van der Waals surface area contributed by atoms with Gasteiger partial charge in [-0.15, -0.1) is 0 Å². The SMILES string of the molecule is Cc1c2c(cc3occc13)[C@@]1(C)CCCC(C)(C)[C@]1(O)[C@H](OC(=O)c1ccccc1)C2. The molecule has 31 heavy (non-hydrogen) atoms. The zero-order chi connectivity index (χ0) is 22.0. The van der Waals surface area contributed by atoms with E-state index in [1.807, 2.05) is 24.3 Å². The standard InChI is InChI=1S/C27H30O4/c1-17-19-11-14-30-22(19)16-21-20(17)15-23(31-24(28)18-9-6-5-7-10-18)27(29)25(2,3)12-8-13-26(21,27)4/h5-7,9-11,14,16,23,29H,8,12-13,15H2,1-4H3/t23-,26-,27-/m1/s1. The lowest BCUT2D eigenvalue weighted by molar-refractivity contribution is -0.216. The van der Waals surface area contributed by atoms with E-state index in [2.05, 4.69) is 33.8 Å². The van der Waals surface area contributed by atoms with Crippen LogP contribution in [-0.4, -0.2) is 22.8 Å². The van der Waals surface area contributed by atoms with Crippen molar-refractivity contribution >= 4 is 16.9 Å².